The summed E-state index contributed by atoms with van der Waals surface area (Å²) in [5.74, 6) is 0.543. The van der Waals surface area contributed by atoms with Gasteiger partial charge in [-0.3, -0.25) is 14.2 Å². The van der Waals surface area contributed by atoms with Crippen molar-refractivity contribution >= 4 is 23.4 Å². The van der Waals surface area contributed by atoms with Crippen molar-refractivity contribution in [3.63, 3.8) is 0 Å². The van der Waals surface area contributed by atoms with E-state index < -0.39 is 0 Å². The van der Waals surface area contributed by atoms with E-state index in [4.69, 9.17) is 0 Å². The van der Waals surface area contributed by atoms with Crippen LogP contribution in [-0.2, 0) is 17.6 Å². The van der Waals surface area contributed by atoms with Gasteiger partial charge in [-0.15, -0.1) is 0 Å². The lowest BCUT2D eigenvalue weighted by Crippen LogP contribution is -2.49. The molecule has 0 radical (unpaired) electrons. The molecule has 0 bridgehead atoms. The first-order valence-corrected chi connectivity index (χ1v) is 11.1. The first kappa shape index (κ1) is 18.7. The van der Waals surface area contributed by atoms with Gasteiger partial charge in [0.1, 0.15) is 5.82 Å². The van der Waals surface area contributed by atoms with Gasteiger partial charge in [-0.1, -0.05) is 23.9 Å². The normalized spacial score (nSPS) is 20.7. The monoisotopic (exact) mass is 414 g/mol. The highest BCUT2D eigenvalue weighted by Crippen LogP contribution is 2.34. The van der Waals surface area contributed by atoms with Gasteiger partial charge >= 0.3 is 0 Å². The summed E-state index contributed by atoms with van der Waals surface area (Å²) < 4.78 is 15.8. The number of aryl methyl sites for hydroxylation is 1. The standard InChI is InChI=1S/C21H23FN4O2S/c22-16-5-1-2-7-18(16)24-8-10-25(11-9-24)19(27)12-14-13-29-21-23-17-6-3-4-15(17)20(28)26(14)21/h1-2,5,7,14H,3-4,6,8-13H2. The highest BCUT2D eigenvalue weighted by atomic mass is 32.2. The number of para-hydroxylation sites is 1. The van der Waals surface area contributed by atoms with Crippen molar-refractivity contribution in [2.45, 2.75) is 36.9 Å². The maximum Gasteiger partial charge on any atom is 0.257 e. The molecule has 5 rings (SSSR count). The van der Waals surface area contributed by atoms with Crippen molar-refractivity contribution in [1.82, 2.24) is 14.5 Å². The summed E-state index contributed by atoms with van der Waals surface area (Å²) >= 11 is 1.58. The van der Waals surface area contributed by atoms with Crippen LogP contribution in [0.2, 0.25) is 0 Å². The fourth-order valence-electron chi connectivity index (χ4n) is 4.54. The topological polar surface area (TPSA) is 58.4 Å². The summed E-state index contributed by atoms with van der Waals surface area (Å²) in [6.07, 6.45) is 2.99. The van der Waals surface area contributed by atoms with Crippen LogP contribution in [-0.4, -0.2) is 52.3 Å². The van der Waals surface area contributed by atoms with E-state index in [0.717, 1.165) is 35.7 Å². The van der Waals surface area contributed by atoms with Gasteiger partial charge < -0.3 is 9.80 Å². The molecule has 29 heavy (non-hydrogen) atoms. The fourth-order valence-corrected chi connectivity index (χ4v) is 5.69. The van der Waals surface area contributed by atoms with E-state index in [1.165, 1.54) is 6.07 Å². The van der Waals surface area contributed by atoms with E-state index in [1.807, 2.05) is 15.9 Å². The molecular formula is C21H23FN4O2S. The number of piperazine rings is 1. The molecule has 1 aromatic heterocycles. The lowest BCUT2D eigenvalue weighted by atomic mass is 10.1. The minimum Gasteiger partial charge on any atom is -0.366 e. The lowest BCUT2D eigenvalue weighted by Gasteiger charge is -2.36. The van der Waals surface area contributed by atoms with Crippen LogP contribution in [0.3, 0.4) is 0 Å². The van der Waals surface area contributed by atoms with Crippen LogP contribution in [0.25, 0.3) is 0 Å². The van der Waals surface area contributed by atoms with Crippen molar-refractivity contribution < 1.29 is 9.18 Å². The van der Waals surface area contributed by atoms with Crippen molar-refractivity contribution in [2.75, 3.05) is 36.8 Å². The molecule has 3 aliphatic rings. The Bertz CT molecular complexity index is 1020. The third-order valence-corrected chi connectivity index (χ3v) is 7.21. The summed E-state index contributed by atoms with van der Waals surface area (Å²) in [4.78, 5) is 34.3. The minimum absolute atomic E-state index is 0.0506. The van der Waals surface area contributed by atoms with Gasteiger partial charge in [-0.25, -0.2) is 9.37 Å². The maximum atomic E-state index is 14.0. The van der Waals surface area contributed by atoms with E-state index in [1.54, 1.807) is 28.5 Å². The van der Waals surface area contributed by atoms with Gasteiger partial charge in [0.25, 0.3) is 5.56 Å². The minimum atomic E-state index is -0.230. The molecule has 2 aromatic rings. The van der Waals surface area contributed by atoms with Crippen LogP contribution in [0.1, 0.15) is 30.1 Å². The zero-order chi connectivity index (χ0) is 20.0. The first-order chi connectivity index (χ1) is 14.1. The van der Waals surface area contributed by atoms with Gasteiger partial charge in [-0.05, 0) is 31.4 Å². The zero-order valence-corrected chi connectivity index (χ0v) is 17.0. The third-order valence-electron chi connectivity index (χ3n) is 6.11. The number of carbonyl (C=O) groups excluding carboxylic acids is 1. The molecule has 152 valence electrons. The van der Waals surface area contributed by atoms with Crippen molar-refractivity contribution in [3.05, 3.63) is 51.7 Å². The van der Waals surface area contributed by atoms with Gasteiger partial charge in [0, 0.05) is 43.9 Å². The van der Waals surface area contributed by atoms with E-state index >= 15 is 0 Å². The number of hydrogen-bond acceptors (Lipinski definition) is 5. The van der Waals surface area contributed by atoms with Crippen molar-refractivity contribution in [3.8, 4) is 0 Å². The maximum absolute atomic E-state index is 14.0. The summed E-state index contributed by atoms with van der Waals surface area (Å²) in [6.45, 7) is 2.35. The van der Waals surface area contributed by atoms with Crippen LogP contribution in [0.5, 0.6) is 0 Å². The Morgan fingerprint density at radius 3 is 2.76 bits per heavy atom. The van der Waals surface area contributed by atoms with Crippen molar-refractivity contribution in [2.24, 2.45) is 0 Å². The number of anilines is 1. The number of aromatic nitrogens is 2. The molecule has 0 saturated carbocycles. The molecule has 0 spiro atoms. The Labute approximate surface area is 172 Å². The summed E-state index contributed by atoms with van der Waals surface area (Å²) in [5, 5.41) is 0.762. The number of amides is 1. The number of benzene rings is 1. The smallest absolute Gasteiger partial charge is 0.257 e. The Kier molecular flexibility index (Phi) is 4.81. The summed E-state index contributed by atoms with van der Waals surface area (Å²) in [6, 6.07) is 6.62. The molecule has 1 aliphatic carbocycles. The summed E-state index contributed by atoms with van der Waals surface area (Å²) in [5.41, 5.74) is 2.43. The molecule has 1 amide bonds. The van der Waals surface area contributed by atoms with E-state index in [0.29, 0.717) is 44.0 Å². The molecule has 1 unspecified atom stereocenters. The molecule has 6 nitrogen and oxygen atoms in total. The Balaban J connectivity index is 1.25. The predicted molar refractivity (Wildman–Crippen MR) is 110 cm³/mol. The lowest BCUT2D eigenvalue weighted by molar-refractivity contribution is -0.132. The second-order valence-electron chi connectivity index (χ2n) is 7.84. The number of carbonyl (C=O) groups is 1. The number of fused-ring (bicyclic) bond motifs is 2. The average molecular weight is 415 g/mol. The second kappa shape index (κ2) is 7.48. The number of hydrogen-bond donors (Lipinski definition) is 0. The number of nitrogens with zero attached hydrogens (tertiary/aromatic N) is 4. The largest absolute Gasteiger partial charge is 0.366 e. The van der Waals surface area contributed by atoms with E-state index in [2.05, 4.69) is 4.98 Å². The summed E-state index contributed by atoms with van der Waals surface area (Å²) in [7, 11) is 0. The van der Waals surface area contributed by atoms with E-state index in [9.17, 15) is 14.0 Å². The third kappa shape index (κ3) is 3.33. The molecule has 1 aromatic carbocycles. The highest BCUT2D eigenvalue weighted by molar-refractivity contribution is 7.99. The van der Waals surface area contributed by atoms with Crippen LogP contribution in [0.15, 0.2) is 34.2 Å². The molecule has 0 N–H and O–H groups in total. The number of halogens is 1. The van der Waals surface area contributed by atoms with Gasteiger partial charge in [0.2, 0.25) is 5.91 Å². The quantitative estimate of drug-likeness (QED) is 0.721. The number of rotatable bonds is 3. The van der Waals surface area contributed by atoms with Gasteiger partial charge in [-0.2, -0.15) is 0 Å². The first-order valence-electron chi connectivity index (χ1n) is 10.2. The van der Waals surface area contributed by atoms with Gasteiger partial charge in [0.05, 0.1) is 17.4 Å². The van der Waals surface area contributed by atoms with Crippen molar-refractivity contribution in [1.29, 1.82) is 0 Å². The zero-order valence-electron chi connectivity index (χ0n) is 16.1. The Morgan fingerprint density at radius 1 is 1.17 bits per heavy atom. The van der Waals surface area contributed by atoms with Crippen LogP contribution in [0.4, 0.5) is 10.1 Å². The highest BCUT2D eigenvalue weighted by Gasteiger charge is 2.33. The average Bonchev–Trinajstić information content (AvgIpc) is 3.36. The fraction of sp³-hybridized carbons (Fsp3) is 0.476. The molecule has 2 aliphatic heterocycles. The molecule has 1 saturated heterocycles. The Morgan fingerprint density at radius 2 is 1.97 bits per heavy atom. The predicted octanol–water partition coefficient (Wildman–Crippen LogP) is 2.26. The van der Waals surface area contributed by atoms with Crippen LogP contribution >= 0.6 is 11.8 Å². The molecular weight excluding hydrogens is 391 g/mol. The van der Waals surface area contributed by atoms with Crippen LogP contribution < -0.4 is 10.5 Å². The van der Waals surface area contributed by atoms with E-state index in [-0.39, 0.29) is 23.3 Å². The second-order valence-corrected chi connectivity index (χ2v) is 8.82. The molecule has 1 atom stereocenters. The molecule has 8 heteroatoms. The molecule has 1 fully saturated rings. The van der Waals surface area contributed by atoms with Gasteiger partial charge in [0.15, 0.2) is 5.16 Å². The molecule has 3 heterocycles. The SMILES string of the molecule is O=C(CC1CSc2nc3c(c(=O)n21)CCC3)N1CCN(c2ccccc2F)CC1. The van der Waals surface area contributed by atoms with Crippen LogP contribution in [0, 0.1) is 5.82 Å². The Hall–Kier alpha value is -2.35. The number of thioether (sulfide) groups is 1.